The normalized spacial score (nSPS) is 12.3. The summed E-state index contributed by atoms with van der Waals surface area (Å²) in [6.07, 6.45) is 0. The van der Waals surface area contributed by atoms with Crippen molar-refractivity contribution in [3.05, 3.63) is 164 Å². The third kappa shape index (κ3) is 3.77. The predicted octanol–water partition coefficient (Wildman–Crippen LogP) is 12.6. The van der Waals surface area contributed by atoms with Crippen molar-refractivity contribution in [3.63, 3.8) is 0 Å². The van der Waals surface area contributed by atoms with Crippen molar-refractivity contribution in [1.29, 1.82) is 0 Å². The van der Waals surface area contributed by atoms with Crippen molar-refractivity contribution in [2.45, 2.75) is 9.79 Å². The first-order chi connectivity index (χ1) is 22.8. The van der Waals surface area contributed by atoms with Gasteiger partial charge in [-0.15, -0.1) is 0 Å². The molecule has 46 heavy (non-hydrogen) atoms. The lowest BCUT2D eigenvalue weighted by atomic mass is 9.91. The van der Waals surface area contributed by atoms with Gasteiger partial charge in [-0.2, -0.15) is 0 Å². The fourth-order valence-corrected chi connectivity index (χ4v) is 8.65. The van der Waals surface area contributed by atoms with Gasteiger partial charge in [-0.05, 0) is 98.1 Å². The Morgan fingerprint density at radius 2 is 1.11 bits per heavy atom. The van der Waals surface area contributed by atoms with Crippen molar-refractivity contribution in [1.82, 2.24) is 4.57 Å². The van der Waals surface area contributed by atoms with Gasteiger partial charge in [0, 0.05) is 31.6 Å². The van der Waals surface area contributed by atoms with Crippen LogP contribution in [0.5, 0.6) is 0 Å². The Labute approximate surface area is 271 Å². The van der Waals surface area contributed by atoms with E-state index in [0.29, 0.717) is 0 Å². The zero-order valence-corrected chi connectivity index (χ0v) is 25.8. The van der Waals surface area contributed by atoms with E-state index in [4.69, 9.17) is 0 Å². The number of fused-ring (bicyclic) bond motifs is 7. The highest BCUT2D eigenvalue weighted by Crippen LogP contribution is 2.49. The Morgan fingerprint density at radius 3 is 2.07 bits per heavy atom. The molecule has 1 nitrogen and oxygen atoms in total. The van der Waals surface area contributed by atoms with Gasteiger partial charge in [-0.1, -0.05) is 127 Å². The second-order valence-corrected chi connectivity index (χ2v) is 13.2. The minimum Gasteiger partial charge on any atom is -0.309 e. The summed E-state index contributed by atoms with van der Waals surface area (Å²) in [5.74, 6) is 0. The topological polar surface area (TPSA) is 4.93 Å². The number of nitrogens with zero attached hydrogens (tertiary/aromatic N) is 1. The van der Waals surface area contributed by atoms with Crippen LogP contribution in [0.2, 0.25) is 0 Å². The molecule has 2 heterocycles. The smallest absolute Gasteiger partial charge is 0.0547 e. The summed E-state index contributed by atoms with van der Waals surface area (Å²) in [5, 5.41) is 7.78. The Balaban J connectivity index is 1.16. The maximum atomic E-state index is 2.39. The van der Waals surface area contributed by atoms with Crippen LogP contribution in [-0.2, 0) is 0 Å². The van der Waals surface area contributed by atoms with Crippen molar-refractivity contribution in [3.8, 4) is 39.1 Å². The van der Waals surface area contributed by atoms with Crippen LogP contribution in [-0.4, -0.2) is 4.57 Å². The molecule has 0 atom stereocenters. The first kappa shape index (κ1) is 25.7. The first-order valence-electron chi connectivity index (χ1n) is 15.8. The van der Waals surface area contributed by atoms with E-state index in [-0.39, 0.29) is 0 Å². The number of hydrogen-bond donors (Lipinski definition) is 0. The first-order valence-corrected chi connectivity index (χ1v) is 16.6. The monoisotopic (exact) mass is 601 g/mol. The molecule has 0 N–H and O–H groups in total. The van der Waals surface area contributed by atoms with Gasteiger partial charge in [0.1, 0.15) is 0 Å². The third-order valence-electron chi connectivity index (χ3n) is 9.58. The van der Waals surface area contributed by atoms with Crippen LogP contribution >= 0.6 is 11.8 Å². The summed E-state index contributed by atoms with van der Waals surface area (Å²) < 4.78 is 2.39. The molecule has 0 unspecified atom stereocenters. The van der Waals surface area contributed by atoms with Gasteiger partial charge in [0.25, 0.3) is 0 Å². The van der Waals surface area contributed by atoms with Crippen LogP contribution in [0, 0.1) is 0 Å². The van der Waals surface area contributed by atoms with E-state index in [1.165, 1.54) is 92.2 Å². The number of hydrogen-bond acceptors (Lipinski definition) is 1. The van der Waals surface area contributed by atoms with Crippen LogP contribution in [0.25, 0.3) is 82.4 Å². The SMILES string of the molecule is c1ccc(-n2c3ccccc3c3c4cc(-c5cccc(-c6ccc7c8c(cccc68)-c6ccccc6S7)c5)ccc4ccc32)cc1. The molecular formula is C44H27NS. The highest BCUT2D eigenvalue weighted by atomic mass is 32.2. The summed E-state index contributed by atoms with van der Waals surface area (Å²) in [6.45, 7) is 0. The maximum Gasteiger partial charge on any atom is 0.0547 e. The lowest BCUT2D eigenvalue weighted by Gasteiger charge is -2.21. The molecule has 0 amide bonds. The van der Waals surface area contributed by atoms with E-state index in [1.807, 2.05) is 11.8 Å². The molecule has 10 rings (SSSR count). The molecule has 1 aliphatic heterocycles. The fourth-order valence-electron chi connectivity index (χ4n) is 7.52. The number of para-hydroxylation sites is 2. The molecule has 0 bridgehead atoms. The van der Waals surface area contributed by atoms with Gasteiger partial charge in [0.2, 0.25) is 0 Å². The molecule has 0 fully saturated rings. The molecule has 0 aliphatic carbocycles. The van der Waals surface area contributed by atoms with Crippen LogP contribution < -0.4 is 0 Å². The van der Waals surface area contributed by atoms with E-state index in [0.717, 1.165) is 0 Å². The van der Waals surface area contributed by atoms with Crippen molar-refractivity contribution >= 4 is 55.1 Å². The highest BCUT2D eigenvalue weighted by molar-refractivity contribution is 7.99. The molecule has 1 aromatic heterocycles. The summed E-state index contributed by atoms with van der Waals surface area (Å²) in [7, 11) is 0. The maximum absolute atomic E-state index is 2.39. The lowest BCUT2D eigenvalue weighted by molar-refractivity contribution is 1.18. The summed E-state index contributed by atoms with van der Waals surface area (Å²) >= 11 is 1.88. The van der Waals surface area contributed by atoms with Crippen LogP contribution in [0.4, 0.5) is 0 Å². The standard InChI is InChI=1S/C44H27NS/c1-2-12-32(13-3-1)45-39-18-6-4-15-37(39)43-38-27-30(21-20-28(38)22-24-40(43)45)29-10-8-11-31(26-29)33-23-25-42-44-35(33)16-9-17-36(44)34-14-5-7-19-41(34)46-42/h1-27H. The quantitative estimate of drug-likeness (QED) is 0.195. The molecule has 0 radical (unpaired) electrons. The minimum atomic E-state index is 1.18. The van der Waals surface area contributed by atoms with Gasteiger partial charge in [-0.3, -0.25) is 0 Å². The molecule has 8 aromatic carbocycles. The molecule has 214 valence electrons. The molecule has 0 saturated carbocycles. The van der Waals surface area contributed by atoms with Crippen molar-refractivity contribution in [2.24, 2.45) is 0 Å². The van der Waals surface area contributed by atoms with Gasteiger partial charge in [-0.25, -0.2) is 0 Å². The second kappa shape index (κ2) is 9.97. The van der Waals surface area contributed by atoms with Crippen LogP contribution in [0.15, 0.2) is 174 Å². The van der Waals surface area contributed by atoms with E-state index >= 15 is 0 Å². The van der Waals surface area contributed by atoms with Gasteiger partial charge < -0.3 is 4.57 Å². The number of benzene rings is 8. The second-order valence-electron chi connectivity index (χ2n) is 12.1. The summed E-state index contributed by atoms with van der Waals surface area (Å²) in [5.41, 5.74) is 11.3. The van der Waals surface area contributed by atoms with Gasteiger partial charge in [0.05, 0.1) is 11.0 Å². The fraction of sp³-hybridized carbons (Fsp3) is 0. The molecule has 2 heteroatoms. The lowest BCUT2D eigenvalue weighted by Crippen LogP contribution is -1.94. The van der Waals surface area contributed by atoms with E-state index in [2.05, 4.69) is 168 Å². The minimum absolute atomic E-state index is 1.18. The van der Waals surface area contributed by atoms with Gasteiger partial charge >= 0.3 is 0 Å². The Bertz CT molecular complexity index is 2660. The molecule has 0 spiro atoms. The van der Waals surface area contributed by atoms with Crippen molar-refractivity contribution in [2.75, 3.05) is 0 Å². The Kier molecular flexibility index (Phi) is 5.58. The zero-order chi connectivity index (χ0) is 30.2. The summed E-state index contributed by atoms with van der Waals surface area (Å²) in [6, 6.07) is 60.2. The molecular weight excluding hydrogens is 575 g/mol. The Morgan fingerprint density at radius 1 is 0.370 bits per heavy atom. The molecule has 1 aliphatic rings. The largest absolute Gasteiger partial charge is 0.309 e. The summed E-state index contributed by atoms with van der Waals surface area (Å²) in [4.78, 5) is 2.66. The van der Waals surface area contributed by atoms with E-state index in [1.54, 1.807) is 0 Å². The average Bonchev–Trinajstić information content (AvgIpc) is 3.47. The molecule has 0 saturated heterocycles. The highest BCUT2D eigenvalue weighted by Gasteiger charge is 2.21. The van der Waals surface area contributed by atoms with E-state index in [9.17, 15) is 0 Å². The van der Waals surface area contributed by atoms with Crippen LogP contribution in [0.1, 0.15) is 0 Å². The molecule has 9 aromatic rings. The predicted molar refractivity (Wildman–Crippen MR) is 196 cm³/mol. The van der Waals surface area contributed by atoms with Gasteiger partial charge in [0.15, 0.2) is 0 Å². The Hall–Kier alpha value is -5.57. The average molecular weight is 602 g/mol. The number of rotatable bonds is 3. The van der Waals surface area contributed by atoms with Crippen molar-refractivity contribution < 1.29 is 0 Å². The zero-order valence-electron chi connectivity index (χ0n) is 24.9. The van der Waals surface area contributed by atoms with E-state index < -0.39 is 0 Å². The third-order valence-corrected chi connectivity index (χ3v) is 10.7. The van der Waals surface area contributed by atoms with Crippen LogP contribution in [0.3, 0.4) is 0 Å². The number of aromatic nitrogens is 1.